The number of aromatic nitrogens is 2. The highest BCUT2D eigenvalue weighted by Gasteiger charge is 2.08. The molecule has 100 valence electrons. The summed E-state index contributed by atoms with van der Waals surface area (Å²) in [5.74, 6) is 0.652. The first-order chi connectivity index (χ1) is 9.65. The number of nitrogens with one attached hydrogen (secondary N) is 1. The van der Waals surface area contributed by atoms with Gasteiger partial charge in [-0.2, -0.15) is 0 Å². The minimum atomic E-state index is 0.392. The lowest BCUT2D eigenvalue weighted by Gasteiger charge is -2.09. The minimum absolute atomic E-state index is 0.392. The Morgan fingerprint density at radius 2 is 1.70 bits per heavy atom. The number of hydrogen-bond donors (Lipinski definition) is 1. The standard InChI is InChI=1S/C14H8BrCl2N3/c15-11-7-8(5-6-12(11)16)18-14-10-4-2-1-3-9(10)13(17)19-20-14/h1-7H,(H,18,20). The monoisotopic (exact) mass is 367 g/mol. The summed E-state index contributed by atoms with van der Waals surface area (Å²) in [5.41, 5.74) is 0.864. The van der Waals surface area contributed by atoms with Crippen molar-refractivity contribution in [2.75, 3.05) is 5.32 Å². The second kappa shape index (κ2) is 5.56. The van der Waals surface area contributed by atoms with Gasteiger partial charge in [-0.1, -0.05) is 47.5 Å². The van der Waals surface area contributed by atoms with Crippen LogP contribution in [0.2, 0.25) is 10.2 Å². The molecule has 1 heterocycles. The minimum Gasteiger partial charge on any atom is -0.338 e. The van der Waals surface area contributed by atoms with E-state index in [2.05, 4.69) is 31.4 Å². The van der Waals surface area contributed by atoms with Crippen molar-refractivity contribution in [3.05, 3.63) is 57.1 Å². The summed E-state index contributed by atoms with van der Waals surface area (Å²) in [6.45, 7) is 0. The van der Waals surface area contributed by atoms with Crippen molar-refractivity contribution in [1.29, 1.82) is 0 Å². The topological polar surface area (TPSA) is 37.8 Å². The highest BCUT2D eigenvalue weighted by Crippen LogP contribution is 2.30. The molecule has 2 aromatic carbocycles. The van der Waals surface area contributed by atoms with Gasteiger partial charge < -0.3 is 5.32 Å². The molecule has 0 aliphatic carbocycles. The fourth-order valence-corrected chi connectivity index (χ4v) is 2.57. The van der Waals surface area contributed by atoms with Gasteiger partial charge in [-0.25, -0.2) is 0 Å². The summed E-state index contributed by atoms with van der Waals surface area (Å²) in [4.78, 5) is 0. The molecule has 20 heavy (non-hydrogen) atoms. The normalized spacial score (nSPS) is 10.8. The van der Waals surface area contributed by atoms with E-state index in [0.29, 0.717) is 16.0 Å². The number of rotatable bonds is 2. The van der Waals surface area contributed by atoms with Crippen LogP contribution in [-0.4, -0.2) is 10.2 Å². The second-order valence-corrected chi connectivity index (χ2v) is 5.76. The zero-order valence-electron chi connectivity index (χ0n) is 10.1. The van der Waals surface area contributed by atoms with Gasteiger partial charge in [-0.3, -0.25) is 0 Å². The van der Waals surface area contributed by atoms with Crippen LogP contribution in [0.25, 0.3) is 10.8 Å². The summed E-state index contributed by atoms with van der Waals surface area (Å²) in [5, 5.41) is 14.1. The summed E-state index contributed by atoms with van der Waals surface area (Å²) in [6.07, 6.45) is 0. The van der Waals surface area contributed by atoms with E-state index in [1.54, 1.807) is 6.07 Å². The number of hydrogen-bond acceptors (Lipinski definition) is 3. The van der Waals surface area contributed by atoms with Crippen LogP contribution in [0.1, 0.15) is 0 Å². The number of benzene rings is 2. The molecule has 0 aliphatic heterocycles. The molecule has 0 aliphatic rings. The Balaban J connectivity index is 2.06. The van der Waals surface area contributed by atoms with Crippen molar-refractivity contribution >= 4 is 61.4 Å². The molecule has 0 unspecified atom stereocenters. The molecule has 0 bridgehead atoms. The van der Waals surface area contributed by atoms with E-state index in [1.165, 1.54) is 0 Å². The van der Waals surface area contributed by atoms with Crippen molar-refractivity contribution in [2.24, 2.45) is 0 Å². The molecule has 0 saturated carbocycles. The molecule has 1 aromatic heterocycles. The molecule has 0 fully saturated rings. The largest absolute Gasteiger partial charge is 0.338 e. The van der Waals surface area contributed by atoms with Gasteiger partial charge in [0, 0.05) is 20.9 Å². The fraction of sp³-hybridized carbons (Fsp3) is 0. The van der Waals surface area contributed by atoms with Crippen molar-refractivity contribution in [3.8, 4) is 0 Å². The Hall–Kier alpha value is -1.36. The van der Waals surface area contributed by atoms with E-state index in [0.717, 1.165) is 20.9 Å². The molecule has 0 atom stereocenters. The zero-order chi connectivity index (χ0) is 14.1. The van der Waals surface area contributed by atoms with E-state index in [9.17, 15) is 0 Å². The van der Waals surface area contributed by atoms with Gasteiger partial charge in [0.25, 0.3) is 0 Å². The van der Waals surface area contributed by atoms with Crippen LogP contribution >= 0.6 is 39.1 Å². The Morgan fingerprint density at radius 1 is 0.950 bits per heavy atom. The van der Waals surface area contributed by atoms with Crippen molar-refractivity contribution in [1.82, 2.24) is 10.2 Å². The molecule has 0 amide bonds. The average Bonchev–Trinajstić information content (AvgIpc) is 2.46. The molecule has 6 heteroatoms. The third-order valence-corrected chi connectivity index (χ3v) is 4.32. The van der Waals surface area contributed by atoms with Gasteiger partial charge in [0.1, 0.15) is 0 Å². The van der Waals surface area contributed by atoms with Crippen molar-refractivity contribution in [3.63, 3.8) is 0 Å². The molecule has 0 radical (unpaired) electrons. The lowest BCUT2D eigenvalue weighted by Crippen LogP contribution is -1.97. The maximum atomic E-state index is 6.05. The molecule has 3 nitrogen and oxygen atoms in total. The van der Waals surface area contributed by atoms with Crippen LogP contribution < -0.4 is 5.32 Å². The van der Waals surface area contributed by atoms with Crippen LogP contribution in [0.5, 0.6) is 0 Å². The van der Waals surface area contributed by atoms with Gasteiger partial charge in [0.05, 0.1) is 5.02 Å². The fourth-order valence-electron chi connectivity index (χ4n) is 1.87. The lowest BCUT2D eigenvalue weighted by molar-refractivity contribution is 1.05. The van der Waals surface area contributed by atoms with E-state index in [1.807, 2.05) is 36.4 Å². The molecule has 0 saturated heterocycles. The third-order valence-electron chi connectivity index (χ3n) is 2.82. The van der Waals surface area contributed by atoms with Gasteiger partial charge in [-0.15, -0.1) is 10.2 Å². The van der Waals surface area contributed by atoms with Crippen LogP contribution in [0.3, 0.4) is 0 Å². The Labute approximate surface area is 134 Å². The number of fused-ring (bicyclic) bond motifs is 1. The van der Waals surface area contributed by atoms with Crippen LogP contribution in [-0.2, 0) is 0 Å². The third kappa shape index (κ3) is 2.59. The van der Waals surface area contributed by atoms with Crippen LogP contribution in [0.15, 0.2) is 46.9 Å². The molecule has 1 N–H and O–H groups in total. The first kappa shape index (κ1) is 13.6. The van der Waals surface area contributed by atoms with E-state index in [4.69, 9.17) is 23.2 Å². The van der Waals surface area contributed by atoms with Gasteiger partial charge in [0.2, 0.25) is 0 Å². The molecule has 0 spiro atoms. The molecule has 3 rings (SSSR count). The summed E-state index contributed by atoms with van der Waals surface area (Å²) in [6, 6.07) is 13.3. The first-order valence-corrected chi connectivity index (χ1v) is 7.33. The van der Waals surface area contributed by atoms with E-state index in [-0.39, 0.29) is 0 Å². The van der Waals surface area contributed by atoms with Crippen molar-refractivity contribution in [2.45, 2.75) is 0 Å². The SMILES string of the molecule is Clc1ccc(Nc2nnc(Cl)c3ccccc23)cc1Br. The average molecular weight is 369 g/mol. The predicted octanol–water partition coefficient (Wildman–Crippen LogP) is 5.44. The van der Waals surface area contributed by atoms with Crippen molar-refractivity contribution < 1.29 is 0 Å². The number of anilines is 2. The van der Waals surface area contributed by atoms with Crippen LogP contribution in [0.4, 0.5) is 11.5 Å². The highest BCUT2D eigenvalue weighted by molar-refractivity contribution is 9.10. The molecule has 3 aromatic rings. The molecular weight excluding hydrogens is 361 g/mol. The predicted molar refractivity (Wildman–Crippen MR) is 87.0 cm³/mol. The summed E-state index contributed by atoms with van der Waals surface area (Å²) < 4.78 is 0.815. The number of halogens is 3. The smallest absolute Gasteiger partial charge is 0.161 e. The van der Waals surface area contributed by atoms with Gasteiger partial charge >= 0.3 is 0 Å². The number of nitrogens with zero attached hydrogens (tertiary/aromatic N) is 2. The van der Waals surface area contributed by atoms with E-state index >= 15 is 0 Å². The maximum absolute atomic E-state index is 6.05. The zero-order valence-corrected chi connectivity index (χ0v) is 13.2. The Kier molecular flexibility index (Phi) is 3.78. The van der Waals surface area contributed by atoms with E-state index < -0.39 is 0 Å². The lowest BCUT2D eigenvalue weighted by atomic mass is 10.2. The van der Waals surface area contributed by atoms with Gasteiger partial charge in [0.15, 0.2) is 11.0 Å². The second-order valence-electron chi connectivity index (χ2n) is 4.14. The van der Waals surface area contributed by atoms with Gasteiger partial charge in [-0.05, 0) is 34.1 Å². The summed E-state index contributed by atoms with van der Waals surface area (Å²) in [7, 11) is 0. The molecular formula is C14H8BrCl2N3. The Bertz CT molecular complexity index is 792. The maximum Gasteiger partial charge on any atom is 0.161 e. The highest BCUT2D eigenvalue weighted by atomic mass is 79.9. The quantitative estimate of drug-likeness (QED) is 0.654. The summed E-state index contributed by atoms with van der Waals surface area (Å²) >= 11 is 15.4. The van der Waals surface area contributed by atoms with Crippen LogP contribution in [0, 0.1) is 0 Å². The Morgan fingerprint density at radius 3 is 2.45 bits per heavy atom. The first-order valence-electron chi connectivity index (χ1n) is 5.78.